The number of hydrogen-bond acceptors (Lipinski definition) is 4. The van der Waals surface area contributed by atoms with Crippen LogP contribution in [0.15, 0.2) is 53.4 Å². The highest BCUT2D eigenvalue weighted by atomic mass is 32.2. The van der Waals surface area contributed by atoms with Crippen molar-refractivity contribution < 1.29 is 9.53 Å². The zero-order valence-corrected chi connectivity index (χ0v) is 17.7. The van der Waals surface area contributed by atoms with E-state index in [1.807, 2.05) is 30.3 Å². The normalized spacial score (nSPS) is 15.1. The number of unbranched alkanes of at least 4 members (excludes halogenated alkanes) is 3. The van der Waals surface area contributed by atoms with Gasteiger partial charge < -0.3 is 10.1 Å². The summed E-state index contributed by atoms with van der Waals surface area (Å²) in [4.78, 5) is 12.3. The molecule has 1 heterocycles. The van der Waals surface area contributed by atoms with Crippen molar-refractivity contribution in [3.05, 3.63) is 70.1 Å². The highest BCUT2D eigenvalue weighted by Gasteiger charge is 2.21. The molecule has 0 aliphatic carbocycles. The predicted molar refractivity (Wildman–Crippen MR) is 121 cm³/mol. The zero-order chi connectivity index (χ0) is 19.8. The summed E-state index contributed by atoms with van der Waals surface area (Å²) in [5.41, 5.74) is 3.51. The van der Waals surface area contributed by atoms with Crippen molar-refractivity contribution in [1.29, 1.82) is 0 Å². The van der Waals surface area contributed by atoms with Gasteiger partial charge in [0.15, 0.2) is 0 Å². The third-order valence-corrected chi connectivity index (χ3v) is 5.70. The van der Waals surface area contributed by atoms with Gasteiger partial charge in [-0.3, -0.25) is 4.79 Å². The van der Waals surface area contributed by atoms with E-state index in [4.69, 9.17) is 17.0 Å². The number of rotatable bonds is 9. The molecular weight excluding hydrogens is 386 g/mol. The van der Waals surface area contributed by atoms with Gasteiger partial charge in [0.1, 0.15) is 16.7 Å². The maximum absolute atomic E-state index is 11.7. The van der Waals surface area contributed by atoms with Crippen LogP contribution in [0.1, 0.15) is 49.3 Å². The summed E-state index contributed by atoms with van der Waals surface area (Å²) in [7, 11) is 0. The van der Waals surface area contributed by atoms with Crippen molar-refractivity contribution in [2.45, 2.75) is 45.6 Å². The molecule has 0 spiro atoms. The molecular formula is C23H25NO2S2. The van der Waals surface area contributed by atoms with Crippen molar-refractivity contribution in [3.8, 4) is 5.75 Å². The molecule has 0 bridgehead atoms. The van der Waals surface area contributed by atoms with Gasteiger partial charge in [0, 0.05) is 0 Å². The zero-order valence-electron chi connectivity index (χ0n) is 16.1. The van der Waals surface area contributed by atoms with Gasteiger partial charge >= 0.3 is 0 Å². The van der Waals surface area contributed by atoms with Crippen LogP contribution in [0.25, 0.3) is 6.08 Å². The standard InChI is InChI=1S/C23H25NO2S2/c1-2-3-4-5-7-17-8-6-9-19(14-17)16-26-20-12-10-18(11-13-20)15-21-22(25)24-23(27)28-21/h6,8-15H,2-5,7,16H2,1H3,(H,24,25,27). The van der Waals surface area contributed by atoms with Gasteiger partial charge in [-0.1, -0.05) is 86.6 Å². The Hall–Kier alpha value is -2.11. The summed E-state index contributed by atoms with van der Waals surface area (Å²) in [5.74, 6) is 0.680. The third kappa shape index (κ3) is 6.21. The first kappa shape index (κ1) is 20.6. The maximum Gasteiger partial charge on any atom is 0.263 e. The summed E-state index contributed by atoms with van der Waals surface area (Å²) in [5, 5.41) is 2.62. The van der Waals surface area contributed by atoms with Gasteiger partial charge in [0.25, 0.3) is 5.91 Å². The lowest BCUT2D eigenvalue weighted by molar-refractivity contribution is -0.115. The minimum absolute atomic E-state index is 0.134. The molecule has 0 aromatic heterocycles. The number of aryl methyl sites for hydroxylation is 1. The molecule has 0 unspecified atom stereocenters. The molecule has 5 heteroatoms. The maximum atomic E-state index is 11.7. The van der Waals surface area contributed by atoms with Crippen LogP contribution >= 0.6 is 24.0 Å². The van der Waals surface area contributed by atoms with Crippen molar-refractivity contribution in [2.24, 2.45) is 0 Å². The number of thioether (sulfide) groups is 1. The fraction of sp³-hybridized carbons (Fsp3) is 0.304. The minimum atomic E-state index is -0.134. The average molecular weight is 412 g/mol. The molecule has 1 amide bonds. The van der Waals surface area contributed by atoms with Gasteiger partial charge in [-0.15, -0.1) is 0 Å². The first-order valence-corrected chi connectivity index (χ1v) is 10.9. The molecule has 1 aliphatic rings. The second-order valence-electron chi connectivity index (χ2n) is 6.84. The van der Waals surface area contributed by atoms with Crippen LogP contribution in [0.3, 0.4) is 0 Å². The number of amides is 1. The summed E-state index contributed by atoms with van der Waals surface area (Å²) in [6, 6.07) is 16.4. The number of benzene rings is 2. The fourth-order valence-electron chi connectivity index (χ4n) is 3.03. The number of ether oxygens (including phenoxy) is 1. The van der Waals surface area contributed by atoms with E-state index in [9.17, 15) is 4.79 Å². The van der Waals surface area contributed by atoms with Crippen LogP contribution in [0.4, 0.5) is 0 Å². The molecule has 1 saturated heterocycles. The molecule has 0 radical (unpaired) electrons. The predicted octanol–water partition coefficient (Wildman–Crippen LogP) is 5.88. The first-order valence-electron chi connectivity index (χ1n) is 9.69. The Bertz CT molecular complexity index is 859. The quantitative estimate of drug-likeness (QED) is 0.318. The van der Waals surface area contributed by atoms with Crippen molar-refractivity contribution in [3.63, 3.8) is 0 Å². The Morgan fingerprint density at radius 2 is 1.86 bits per heavy atom. The first-order chi connectivity index (χ1) is 13.6. The highest BCUT2D eigenvalue weighted by molar-refractivity contribution is 8.26. The molecule has 3 rings (SSSR count). The molecule has 146 valence electrons. The minimum Gasteiger partial charge on any atom is -0.489 e. The van der Waals surface area contributed by atoms with Crippen molar-refractivity contribution in [1.82, 2.24) is 5.32 Å². The molecule has 1 fully saturated rings. The Balaban J connectivity index is 1.53. The number of hydrogen-bond donors (Lipinski definition) is 1. The number of nitrogens with one attached hydrogen (secondary N) is 1. The van der Waals surface area contributed by atoms with E-state index in [2.05, 4.69) is 36.5 Å². The van der Waals surface area contributed by atoms with Gasteiger partial charge in [-0.2, -0.15) is 0 Å². The Kier molecular flexibility index (Phi) is 7.69. The van der Waals surface area contributed by atoms with Gasteiger partial charge in [-0.25, -0.2) is 0 Å². The van der Waals surface area contributed by atoms with E-state index in [1.165, 1.54) is 48.6 Å². The summed E-state index contributed by atoms with van der Waals surface area (Å²) >= 11 is 6.30. The molecule has 1 N–H and O–H groups in total. The Morgan fingerprint density at radius 3 is 2.57 bits per heavy atom. The number of carbonyl (C=O) groups is 1. The van der Waals surface area contributed by atoms with Crippen LogP contribution in [-0.4, -0.2) is 10.2 Å². The average Bonchev–Trinajstić information content (AvgIpc) is 3.02. The van der Waals surface area contributed by atoms with Gasteiger partial charge in [0.2, 0.25) is 0 Å². The Morgan fingerprint density at radius 1 is 1.07 bits per heavy atom. The number of thiocarbonyl (C=S) groups is 1. The van der Waals surface area contributed by atoms with Crippen LogP contribution in [0.5, 0.6) is 5.75 Å². The lowest BCUT2D eigenvalue weighted by Crippen LogP contribution is -2.17. The SMILES string of the molecule is CCCCCCc1cccc(COc2ccc(C=C3SC(=S)NC3=O)cc2)c1. The van der Waals surface area contributed by atoms with Gasteiger partial charge in [-0.05, 0) is 47.7 Å². The number of carbonyl (C=O) groups excluding carboxylic acids is 1. The van der Waals surface area contributed by atoms with E-state index in [1.54, 1.807) is 0 Å². The van der Waals surface area contributed by atoms with E-state index >= 15 is 0 Å². The van der Waals surface area contributed by atoms with Crippen LogP contribution in [0, 0.1) is 0 Å². The second-order valence-corrected chi connectivity index (χ2v) is 8.56. The smallest absolute Gasteiger partial charge is 0.263 e. The fourth-order valence-corrected chi connectivity index (χ4v) is 4.07. The monoisotopic (exact) mass is 411 g/mol. The van der Waals surface area contributed by atoms with Crippen molar-refractivity contribution >= 4 is 40.3 Å². The van der Waals surface area contributed by atoms with Crippen LogP contribution in [0.2, 0.25) is 0 Å². The largest absolute Gasteiger partial charge is 0.489 e. The Labute approximate surface area is 176 Å². The van der Waals surface area contributed by atoms with Crippen molar-refractivity contribution in [2.75, 3.05) is 0 Å². The van der Waals surface area contributed by atoms with E-state index in [0.29, 0.717) is 15.8 Å². The highest BCUT2D eigenvalue weighted by Crippen LogP contribution is 2.26. The third-order valence-electron chi connectivity index (χ3n) is 4.54. The van der Waals surface area contributed by atoms with Gasteiger partial charge in [0.05, 0.1) is 4.91 Å². The molecule has 0 saturated carbocycles. The summed E-state index contributed by atoms with van der Waals surface area (Å²) in [6.45, 7) is 2.79. The van der Waals surface area contributed by atoms with Crippen LogP contribution in [-0.2, 0) is 17.8 Å². The molecule has 0 atom stereocenters. The summed E-state index contributed by atoms with van der Waals surface area (Å²) < 4.78 is 6.43. The van der Waals surface area contributed by atoms with E-state index in [0.717, 1.165) is 17.7 Å². The second kappa shape index (κ2) is 10.4. The van der Waals surface area contributed by atoms with E-state index < -0.39 is 0 Å². The van der Waals surface area contributed by atoms with Crippen LogP contribution < -0.4 is 10.1 Å². The molecule has 3 nitrogen and oxygen atoms in total. The summed E-state index contributed by atoms with van der Waals surface area (Å²) in [6.07, 6.45) is 8.09. The molecule has 2 aromatic carbocycles. The van der Waals surface area contributed by atoms with E-state index in [-0.39, 0.29) is 5.91 Å². The lowest BCUT2D eigenvalue weighted by Gasteiger charge is -2.08. The molecule has 28 heavy (non-hydrogen) atoms. The molecule has 1 aliphatic heterocycles. The molecule has 2 aromatic rings. The lowest BCUT2D eigenvalue weighted by atomic mass is 10.0. The topological polar surface area (TPSA) is 38.3 Å².